The Kier molecular flexibility index (Phi) is 4.84. The monoisotopic (exact) mass is 330 g/mol. The van der Waals surface area contributed by atoms with E-state index in [-0.39, 0.29) is 0 Å². The lowest BCUT2D eigenvalue weighted by molar-refractivity contribution is -0.133. The number of nitrogens with one attached hydrogen (secondary N) is 1. The van der Waals surface area contributed by atoms with E-state index in [2.05, 4.69) is 12.2 Å². The van der Waals surface area contributed by atoms with Gasteiger partial charge < -0.3 is 10.1 Å². The molecule has 3 fully saturated rings. The summed E-state index contributed by atoms with van der Waals surface area (Å²) in [6, 6.07) is 1.03. The minimum atomic E-state index is -3.02. The Morgan fingerprint density at radius 3 is 2.41 bits per heavy atom. The van der Waals surface area contributed by atoms with E-state index in [1.165, 1.54) is 31.9 Å². The maximum Gasteiger partial charge on any atom is 0.211 e. The number of hydrogen-bond acceptors (Lipinski definition) is 4. The topological polar surface area (TPSA) is 58.6 Å². The number of ether oxygens (including phenoxy) is 1. The highest BCUT2D eigenvalue weighted by Crippen LogP contribution is 2.55. The molecule has 128 valence electrons. The molecule has 6 heteroatoms. The molecule has 3 aliphatic rings. The van der Waals surface area contributed by atoms with E-state index in [1.807, 2.05) is 0 Å². The Bertz CT molecular complexity index is 480. The standard InChI is InChI=1S/C16H30N2O3S/c1-3-21-15-12-14(16(15)8-4-5-9-16)17-13-6-10-18(11-7-13)22(2,19)20/h13-15,17H,3-12H2,1-2H3. The number of rotatable bonds is 5. The number of nitrogens with zero attached hydrogens (tertiary/aromatic N) is 1. The molecule has 1 N–H and O–H groups in total. The van der Waals surface area contributed by atoms with Crippen molar-refractivity contribution in [3.63, 3.8) is 0 Å². The molecular formula is C16H30N2O3S. The second-order valence-corrected chi connectivity index (χ2v) is 9.26. The van der Waals surface area contributed by atoms with Crippen LogP contribution in [0.1, 0.15) is 51.9 Å². The zero-order valence-electron chi connectivity index (χ0n) is 13.9. The fraction of sp³-hybridized carbons (Fsp3) is 1.00. The summed E-state index contributed by atoms with van der Waals surface area (Å²) in [6.45, 7) is 4.21. The van der Waals surface area contributed by atoms with Gasteiger partial charge >= 0.3 is 0 Å². The van der Waals surface area contributed by atoms with Gasteiger partial charge in [0.15, 0.2) is 0 Å². The largest absolute Gasteiger partial charge is 0.378 e. The summed E-state index contributed by atoms with van der Waals surface area (Å²) in [7, 11) is -3.02. The van der Waals surface area contributed by atoms with Crippen molar-refractivity contribution in [1.29, 1.82) is 0 Å². The van der Waals surface area contributed by atoms with Crippen LogP contribution in [0.3, 0.4) is 0 Å². The van der Waals surface area contributed by atoms with Gasteiger partial charge in [0.25, 0.3) is 0 Å². The molecule has 2 saturated carbocycles. The van der Waals surface area contributed by atoms with E-state index < -0.39 is 10.0 Å². The smallest absolute Gasteiger partial charge is 0.211 e. The third-order valence-corrected chi connectivity index (χ3v) is 7.35. The zero-order chi connectivity index (χ0) is 15.8. The molecule has 1 aliphatic heterocycles. The molecule has 2 unspecified atom stereocenters. The number of hydrogen-bond donors (Lipinski definition) is 1. The molecule has 2 aliphatic carbocycles. The lowest BCUT2D eigenvalue weighted by atomic mass is 9.60. The predicted octanol–water partition coefficient (Wildman–Crippen LogP) is 1.74. The molecule has 1 saturated heterocycles. The van der Waals surface area contributed by atoms with E-state index in [0.717, 1.165) is 25.9 Å². The predicted molar refractivity (Wildman–Crippen MR) is 87.3 cm³/mol. The molecule has 1 heterocycles. The summed E-state index contributed by atoms with van der Waals surface area (Å²) in [5, 5.41) is 3.85. The summed E-state index contributed by atoms with van der Waals surface area (Å²) >= 11 is 0. The maximum absolute atomic E-state index is 11.6. The lowest BCUT2D eigenvalue weighted by Crippen LogP contribution is -2.65. The molecule has 22 heavy (non-hydrogen) atoms. The Balaban J connectivity index is 1.54. The highest BCUT2D eigenvalue weighted by Gasteiger charge is 2.56. The van der Waals surface area contributed by atoms with Gasteiger partial charge in [-0.2, -0.15) is 0 Å². The van der Waals surface area contributed by atoms with Crippen LogP contribution in [0.25, 0.3) is 0 Å². The summed E-state index contributed by atoms with van der Waals surface area (Å²) in [5.41, 5.74) is 0.365. The first-order valence-corrected chi connectivity index (χ1v) is 10.6. The summed E-state index contributed by atoms with van der Waals surface area (Å²) < 4.78 is 30.8. The van der Waals surface area contributed by atoms with Gasteiger partial charge in [0.1, 0.15) is 0 Å². The van der Waals surface area contributed by atoms with Crippen molar-refractivity contribution in [2.24, 2.45) is 5.41 Å². The van der Waals surface area contributed by atoms with Crippen molar-refractivity contribution < 1.29 is 13.2 Å². The van der Waals surface area contributed by atoms with E-state index in [0.29, 0.717) is 36.7 Å². The quantitative estimate of drug-likeness (QED) is 0.834. The van der Waals surface area contributed by atoms with Gasteiger partial charge in [0.2, 0.25) is 10.0 Å². The van der Waals surface area contributed by atoms with Gasteiger partial charge in [-0.15, -0.1) is 0 Å². The molecule has 3 rings (SSSR count). The first-order valence-electron chi connectivity index (χ1n) is 8.78. The average molecular weight is 330 g/mol. The SMILES string of the molecule is CCOC1CC(NC2CCN(S(C)(=O)=O)CC2)C12CCCC2. The molecule has 1 spiro atoms. The maximum atomic E-state index is 11.6. The Hall–Kier alpha value is -0.170. The number of piperidine rings is 1. The summed E-state index contributed by atoms with van der Waals surface area (Å²) in [5.74, 6) is 0. The van der Waals surface area contributed by atoms with Crippen LogP contribution in [0, 0.1) is 5.41 Å². The first kappa shape index (κ1) is 16.7. The molecule has 0 aromatic heterocycles. The Labute approximate surface area is 134 Å². The second-order valence-electron chi connectivity index (χ2n) is 7.28. The number of sulfonamides is 1. The Morgan fingerprint density at radius 2 is 1.86 bits per heavy atom. The van der Waals surface area contributed by atoms with E-state index >= 15 is 0 Å². The van der Waals surface area contributed by atoms with Crippen LogP contribution in [0.15, 0.2) is 0 Å². The molecule has 2 atom stereocenters. The molecule has 5 nitrogen and oxygen atoms in total. The van der Waals surface area contributed by atoms with Gasteiger partial charge in [-0.3, -0.25) is 0 Å². The molecule has 0 amide bonds. The Morgan fingerprint density at radius 1 is 1.23 bits per heavy atom. The first-order chi connectivity index (χ1) is 10.5. The van der Waals surface area contributed by atoms with Crippen LogP contribution in [0.4, 0.5) is 0 Å². The van der Waals surface area contributed by atoms with Crippen LogP contribution >= 0.6 is 0 Å². The molecular weight excluding hydrogens is 300 g/mol. The fourth-order valence-corrected chi connectivity index (χ4v) is 5.63. The summed E-state index contributed by atoms with van der Waals surface area (Å²) in [4.78, 5) is 0. The average Bonchev–Trinajstić information content (AvgIpc) is 2.98. The normalized spacial score (nSPS) is 33.2. The van der Waals surface area contributed by atoms with Crippen LogP contribution < -0.4 is 5.32 Å². The van der Waals surface area contributed by atoms with Gasteiger partial charge in [0, 0.05) is 37.2 Å². The van der Waals surface area contributed by atoms with Crippen molar-refractivity contribution in [2.75, 3.05) is 26.0 Å². The molecule has 0 aromatic carbocycles. The highest BCUT2D eigenvalue weighted by atomic mass is 32.2. The highest BCUT2D eigenvalue weighted by molar-refractivity contribution is 7.88. The molecule has 0 radical (unpaired) electrons. The van der Waals surface area contributed by atoms with Gasteiger partial charge in [-0.25, -0.2) is 12.7 Å². The lowest BCUT2D eigenvalue weighted by Gasteiger charge is -2.55. The van der Waals surface area contributed by atoms with Crippen molar-refractivity contribution >= 4 is 10.0 Å². The van der Waals surface area contributed by atoms with Crippen LogP contribution in [-0.4, -0.2) is 56.9 Å². The van der Waals surface area contributed by atoms with Crippen molar-refractivity contribution in [1.82, 2.24) is 9.62 Å². The third kappa shape index (κ3) is 3.07. The summed E-state index contributed by atoms with van der Waals surface area (Å²) in [6.07, 6.45) is 9.97. The van der Waals surface area contributed by atoms with Gasteiger partial charge in [0.05, 0.1) is 12.4 Å². The fourth-order valence-electron chi connectivity index (χ4n) is 4.76. The minimum Gasteiger partial charge on any atom is -0.378 e. The van der Waals surface area contributed by atoms with Crippen molar-refractivity contribution in [3.05, 3.63) is 0 Å². The second kappa shape index (κ2) is 6.38. The zero-order valence-corrected chi connectivity index (χ0v) is 14.7. The third-order valence-electron chi connectivity index (χ3n) is 6.05. The van der Waals surface area contributed by atoms with Crippen LogP contribution in [-0.2, 0) is 14.8 Å². The van der Waals surface area contributed by atoms with Gasteiger partial charge in [-0.05, 0) is 39.0 Å². The van der Waals surface area contributed by atoms with Crippen molar-refractivity contribution in [3.8, 4) is 0 Å². The van der Waals surface area contributed by atoms with E-state index in [1.54, 1.807) is 4.31 Å². The van der Waals surface area contributed by atoms with Gasteiger partial charge in [-0.1, -0.05) is 12.8 Å². The van der Waals surface area contributed by atoms with Crippen molar-refractivity contribution in [2.45, 2.75) is 70.1 Å². The molecule has 0 aromatic rings. The minimum absolute atomic E-state index is 0.365. The van der Waals surface area contributed by atoms with Crippen LogP contribution in [0.5, 0.6) is 0 Å². The van der Waals surface area contributed by atoms with E-state index in [9.17, 15) is 8.42 Å². The molecule has 0 bridgehead atoms. The van der Waals surface area contributed by atoms with Crippen LogP contribution in [0.2, 0.25) is 0 Å². The van der Waals surface area contributed by atoms with E-state index in [4.69, 9.17) is 4.74 Å².